The lowest BCUT2D eigenvalue weighted by atomic mass is 10.2. The lowest BCUT2D eigenvalue weighted by molar-refractivity contribution is -0.113. The van der Waals surface area contributed by atoms with Crippen molar-refractivity contribution >= 4 is 57.7 Å². The molecule has 1 heterocycles. The molecule has 23 heavy (non-hydrogen) atoms. The van der Waals surface area contributed by atoms with Crippen LogP contribution in [0.15, 0.2) is 58.3 Å². The van der Waals surface area contributed by atoms with E-state index in [1.807, 2.05) is 36.6 Å². The molecule has 0 spiro atoms. The average molecular weight is 361 g/mol. The maximum Gasteiger partial charge on any atom is 0.270 e. The number of amides is 1. The van der Waals surface area contributed by atoms with Gasteiger partial charge < -0.3 is 0 Å². The number of hydrogen-bond acceptors (Lipinski definition) is 4. The van der Waals surface area contributed by atoms with Crippen molar-refractivity contribution in [2.45, 2.75) is 4.90 Å². The summed E-state index contributed by atoms with van der Waals surface area (Å²) in [4.78, 5) is 15.7. The third-order valence-electron chi connectivity index (χ3n) is 3.29. The number of carbonyl (C=O) groups is 1. The van der Waals surface area contributed by atoms with Crippen LogP contribution in [0, 0.1) is 5.82 Å². The maximum atomic E-state index is 13.0. The molecule has 0 N–H and O–H groups in total. The summed E-state index contributed by atoms with van der Waals surface area (Å²) in [5, 5.41) is 0. The highest BCUT2D eigenvalue weighted by Crippen LogP contribution is 2.36. The predicted molar refractivity (Wildman–Crippen MR) is 100 cm³/mol. The molecule has 2 aromatic rings. The van der Waals surface area contributed by atoms with Crippen molar-refractivity contribution in [1.29, 1.82) is 0 Å². The second-order valence-electron chi connectivity index (χ2n) is 4.77. The standard InChI is InChI=1S/C17H12FNOS3/c1-22-14-8-2-11(3-9-14)10-15-16(20)19(17(21)23-15)13-6-4-12(18)5-7-13/h2-10H,1H3/b15-10-. The summed E-state index contributed by atoms with van der Waals surface area (Å²) in [6, 6.07) is 13.7. The van der Waals surface area contributed by atoms with Crippen molar-refractivity contribution in [3.05, 3.63) is 64.8 Å². The van der Waals surface area contributed by atoms with E-state index in [0.29, 0.717) is 14.9 Å². The molecule has 1 amide bonds. The second-order valence-corrected chi connectivity index (χ2v) is 7.32. The SMILES string of the molecule is CSc1ccc(/C=C2\SC(=S)N(c3ccc(F)cc3)C2=O)cc1. The van der Waals surface area contributed by atoms with Crippen LogP contribution in [0.1, 0.15) is 5.56 Å². The fraction of sp³-hybridized carbons (Fsp3) is 0.0588. The van der Waals surface area contributed by atoms with Crippen molar-refractivity contribution < 1.29 is 9.18 Å². The Bertz CT molecular complexity index is 784. The maximum absolute atomic E-state index is 13.0. The third-order valence-corrected chi connectivity index (χ3v) is 5.34. The van der Waals surface area contributed by atoms with Crippen LogP contribution in [-0.4, -0.2) is 16.5 Å². The van der Waals surface area contributed by atoms with E-state index in [2.05, 4.69) is 0 Å². The van der Waals surface area contributed by atoms with Crippen LogP contribution in [0.5, 0.6) is 0 Å². The van der Waals surface area contributed by atoms with Crippen LogP contribution < -0.4 is 4.90 Å². The van der Waals surface area contributed by atoms with Gasteiger partial charge in [0.2, 0.25) is 0 Å². The number of thioether (sulfide) groups is 2. The summed E-state index contributed by atoms with van der Waals surface area (Å²) in [7, 11) is 0. The van der Waals surface area contributed by atoms with Gasteiger partial charge in [0.1, 0.15) is 5.82 Å². The van der Waals surface area contributed by atoms with Gasteiger partial charge >= 0.3 is 0 Å². The van der Waals surface area contributed by atoms with E-state index in [1.165, 1.54) is 33.7 Å². The first-order valence-corrected chi connectivity index (χ1v) is 9.21. The minimum Gasteiger partial charge on any atom is -0.268 e. The largest absolute Gasteiger partial charge is 0.270 e. The molecule has 0 aromatic heterocycles. The lowest BCUT2D eigenvalue weighted by Crippen LogP contribution is -2.27. The summed E-state index contributed by atoms with van der Waals surface area (Å²) in [5.74, 6) is -0.524. The fourth-order valence-electron chi connectivity index (χ4n) is 2.13. The number of hydrogen-bond donors (Lipinski definition) is 0. The highest BCUT2D eigenvalue weighted by Gasteiger charge is 2.33. The molecule has 2 nitrogen and oxygen atoms in total. The first-order chi connectivity index (χ1) is 11.1. The number of halogens is 1. The monoisotopic (exact) mass is 361 g/mol. The van der Waals surface area contributed by atoms with Crippen molar-refractivity contribution in [2.75, 3.05) is 11.2 Å². The first kappa shape index (κ1) is 16.2. The summed E-state index contributed by atoms with van der Waals surface area (Å²) >= 11 is 8.22. The van der Waals surface area contributed by atoms with Gasteiger partial charge in [-0.1, -0.05) is 36.1 Å². The highest BCUT2D eigenvalue weighted by molar-refractivity contribution is 8.27. The van der Waals surface area contributed by atoms with E-state index in [0.717, 1.165) is 5.56 Å². The summed E-state index contributed by atoms with van der Waals surface area (Å²) in [5.41, 5.74) is 1.53. The number of anilines is 1. The van der Waals surface area contributed by atoms with E-state index in [4.69, 9.17) is 12.2 Å². The Morgan fingerprint density at radius 1 is 1.13 bits per heavy atom. The third kappa shape index (κ3) is 3.49. The van der Waals surface area contributed by atoms with E-state index >= 15 is 0 Å². The number of carbonyl (C=O) groups excluding carboxylic acids is 1. The van der Waals surface area contributed by atoms with Gasteiger partial charge in [-0.3, -0.25) is 9.69 Å². The van der Waals surface area contributed by atoms with Crippen molar-refractivity contribution in [1.82, 2.24) is 0 Å². The molecular formula is C17H12FNOS3. The molecule has 0 atom stereocenters. The molecule has 6 heteroatoms. The fourth-order valence-corrected chi connectivity index (χ4v) is 3.84. The molecular weight excluding hydrogens is 349 g/mol. The molecule has 0 bridgehead atoms. The smallest absolute Gasteiger partial charge is 0.268 e. The first-order valence-electron chi connectivity index (χ1n) is 6.76. The minimum absolute atomic E-state index is 0.180. The molecule has 1 aliphatic rings. The van der Waals surface area contributed by atoms with Crippen LogP contribution in [0.3, 0.4) is 0 Å². The Morgan fingerprint density at radius 3 is 2.39 bits per heavy atom. The van der Waals surface area contributed by atoms with Crippen molar-refractivity contribution in [3.63, 3.8) is 0 Å². The van der Waals surface area contributed by atoms with E-state index in [9.17, 15) is 9.18 Å². The van der Waals surface area contributed by atoms with Crippen molar-refractivity contribution in [2.24, 2.45) is 0 Å². The molecule has 3 rings (SSSR count). The van der Waals surface area contributed by atoms with Gasteiger partial charge in [-0.05, 0) is 54.3 Å². The van der Waals surface area contributed by atoms with Gasteiger partial charge in [-0.2, -0.15) is 0 Å². The predicted octanol–water partition coefficient (Wildman–Crippen LogP) is 4.95. The van der Waals surface area contributed by atoms with Gasteiger partial charge in [0.25, 0.3) is 5.91 Å². The van der Waals surface area contributed by atoms with E-state index < -0.39 is 0 Å². The second kappa shape index (κ2) is 6.86. The number of benzene rings is 2. The highest BCUT2D eigenvalue weighted by atomic mass is 32.2. The van der Waals surface area contributed by atoms with Crippen LogP contribution in [0.4, 0.5) is 10.1 Å². The minimum atomic E-state index is -0.344. The van der Waals surface area contributed by atoms with Gasteiger partial charge in [0, 0.05) is 4.90 Å². The zero-order valence-electron chi connectivity index (χ0n) is 12.2. The Hall–Kier alpha value is -1.63. The lowest BCUT2D eigenvalue weighted by Gasteiger charge is -2.14. The van der Waals surface area contributed by atoms with Crippen LogP contribution in [0.25, 0.3) is 6.08 Å². The Kier molecular flexibility index (Phi) is 4.84. The summed E-state index contributed by atoms with van der Waals surface area (Å²) < 4.78 is 13.5. The molecule has 1 saturated heterocycles. The molecule has 0 saturated carbocycles. The van der Waals surface area contributed by atoms with Crippen LogP contribution >= 0.6 is 35.7 Å². The Labute approximate surface area is 147 Å². The number of thiocarbonyl (C=S) groups is 1. The summed E-state index contributed by atoms with van der Waals surface area (Å²) in [6.07, 6.45) is 3.84. The topological polar surface area (TPSA) is 20.3 Å². The molecule has 2 aromatic carbocycles. The molecule has 0 unspecified atom stereocenters. The molecule has 116 valence electrons. The zero-order valence-corrected chi connectivity index (χ0v) is 14.6. The molecule has 1 fully saturated rings. The zero-order chi connectivity index (χ0) is 16.4. The Morgan fingerprint density at radius 2 is 1.78 bits per heavy atom. The molecule has 0 aliphatic carbocycles. The normalized spacial score (nSPS) is 16.4. The van der Waals surface area contributed by atoms with E-state index in [1.54, 1.807) is 23.9 Å². The summed E-state index contributed by atoms with van der Waals surface area (Å²) in [6.45, 7) is 0. The van der Waals surface area contributed by atoms with Crippen molar-refractivity contribution in [3.8, 4) is 0 Å². The number of rotatable bonds is 3. The quantitative estimate of drug-likeness (QED) is 0.437. The van der Waals surface area contributed by atoms with Crippen LogP contribution in [-0.2, 0) is 4.79 Å². The van der Waals surface area contributed by atoms with Gasteiger partial charge in [0.05, 0.1) is 10.6 Å². The molecule has 0 radical (unpaired) electrons. The van der Waals surface area contributed by atoms with Gasteiger partial charge in [0.15, 0.2) is 4.32 Å². The van der Waals surface area contributed by atoms with Gasteiger partial charge in [-0.15, -0.1) is 11.8 Å². The Balaban J connectivity index is 1.88. The van der Waals surface area contributed by atoms with E-state index in [-0.39, 0.29) is 11.7 Å². The average Bonchev–Trinajstić information content (AvgIpc) is 2.83. The van der Waals surface area contributed by atoms with Crippen LogP contribution in [0.2, 0.25) is 0 Å². The van der Waals surface area contributed by atoms with Gasteiger partial charge in [-0.25, -0.2) is 4.39 Å². The molecule has 1 aliphatic heterocycles. The number of nitrogens with zero attached hydrogens (tertiary/aromatic N) is 1.